The Hall–Kier alpha value is -1.78. The van der Waals surface area contributed by atoms with E-state index in [2.05, 4.69) is 18.3 Å². The number of halogens is 1. The van der Waals surface area contributed by atoms with Gasteiger partial charge in [0.25, 0.3) is 0 Å². The van der Waals surface area contributed by atoms with E-state index < -0.39 is 5.72 Å². The van der Waals surface area contributed by atoms with Crippen molar-refractivity contribution in [3.8, 4) is 5.75 Å². The highest BCUT2D eigenvalue weighted by molar-refractivity contribution is 7.80. The number of thiocarbonyl (C=S) groups is 1. The van der Waals surface area contributed by atoms with E-state index in [1.165, 1.54) is 0 Å². The van der Waals surface area contributed by atoms with E-state index in [-0.39, 0.29) is 6.04 Å². The monoisotopic (exact) mass is 330 g/mol. The average Bonchev–Trinajstić information content (AvgIpc) is 2.48. The summed E-state index contributed by atoms with van der Waals surface area (Å²) in [5, 5.41) is 4.82. The predicted octanol–water partition coefficient (Wildman–Crippen LogP) is 4.27. The summed E-state index contributed by atoms with van der Waals surface area (Å²) >= 11 is 11.6. The topological polar surface area (TPSA) is 24.5 Å². The molecule has 2 aromatic carbocycles. The molecule has 2 bridgehead atoms. The Balaban J connectivity index is 1.80. The molecule has 0 amide bonds. The van der Waals surface area contributed by atoms with Gasteiger partial charge in [0.1, 0.15) is 5.75 Å². The van der Waals surface area contributed by atoms with Gasteiger partial charge in [-0.2, -0.15) is 0 Å². The largest absolute Gasteiger partial charge is 0.467 e. The van der Waals surface area contributed by atoms with Gasteiger partial charge in [-0.25, -0.2) is 0 Å². The maximum atomic E-state index is 6.32. The van der Waals surface area contributed by atoms with E-state index in [4.69, 9.17) is 28.6 Å². The summed E-state index contributed by atoms with van der Waals surface area (Å²) in [4.78, 5) is 2.03. The molecule has 0 saturated carbocycles. The number of anilines is 1. The normalized spacial score (nSPS) is 26.0. The number of benzene rings is 2. The molecule has 0 spiro atoms. The first kappa shape index (κ1) is 13.9. The molecule has 2 aliphatic rings. The van der Waals surface area contributed by atoms with Crippen molar-refractivity contribution in [2.45, 2.75) is 25.1 Å². The van der Waals surface area contributed by atoms with Crippen molar-refractivity contribution in [2.75, 3.05) is 4.90 Å². The molecule has 3 nitrogen and oxygen atoms in total. The van der Waals surface area contributed by atoms with E-state index in [0.717, 1.165) is 23.4 Å². The first-order valence-corrected chi connectivity index (χ1v) is 8.00. The number of rotatable bonds is 1. The molecule has 22 heavy (non-hydrogen) atoms. The van der Waals surface area contributed by atoms with Crippen molar-refractivity contribution < 1.29 is 4.74 Å². The second-order valence-corrected chi connectivity index (χ2v) is 6.66. The van der Waals surface area contributed by atoms with Crippen molar-refractivity contribution in [1.82, 2.24) is 5.32 Å². The summed E-state index contributed by atoms with van der Waals surface area (Å²) in [6.07, 6.45) is 0.826. The quantitative estimate of drug-likeness (QED) is 0.789. The zero-order chi connectivity index (χ0) is 15.3. The smallest absolute Gasteiger partial charge is 0.188 e. The number of hydrogen-bond acceptors (Lipinski definition) is 2. The molecule has 112 valence electrons. The van der Waals surface area contributed by atoms with Crippen LogP contribution in [0.1, 0.15) is 24.9 Å². The van der Waals surface area contributed by atoms with Crippen LogP contribution < -0.4 is 15.0 Å². The van der Waals surface area contributed by atoms with Gasteiger partial charge in [-0.15, -0.1) is 0 Å². The fraction of sp³-hybridized carbons (Fsp3) is 0.235. The molecule has 1 fully saturated rings. The molecule has 1 saturated heterocycles. The molecule has 5 heteroatoms. The lowest BCUT2D eigenvalue weighted by Crippen LogP contribution is -2.65. The lowest BCUT2D eigenvalue weighted by molar-refractivity contribution is 0.0498. The molecule has 4 rings (SSSR count). The number of ether oxygens (including phenoxy) is 1. The van der Waals surface area contributed by atoms with Crippen molar-refractivity contribution in [3.05, 3.63) is 59.1 Å². The van der Waals surface area contributed by atoms with Gasteiger partial charge in [-0.1, -0.05) is 29.8 Å². The maximum absolute atomic E-state index is 6.32. The third kappa shape index (κ3) is 2.06. The van der Waals surface area contributed by atoms with E-state index in [1.807, 2.05) is 47.4 Å². The standard InChI is InChI=1S/C17H15ClN2OS/c1-17-10-14(13-4-2-3-5-15(13)21-17)19-16(22)20(17)12-8-6-11(18)7-9-12/h2-9,14H,10H2,1H3,(H,19,22)/t14-,17+/m0/s1. The number of nitrogens with one attached hydrogen (secondary N) is 1. The van der Waals surface area contributed by atoms with Gasteiger partial charge in [0.15, 0.2) is 10.8 Å². The molecule has 2 aliphatic heterocycles. The van der Waals surface area contributed by atoms with E-state index in [1.54, 1.807) is 0 Å². The third-order valence-electron chi connectivity index (χ3n) is 4.27. The molecule has 2 atom stereocenters. The van der Waals surface area contributed by atoms with Crippen LogP contribution in [0.4, 0.5) is 5.69 Å². The minimum atomic E-state index is -0.505. The fourth-order valence-corrected chi connectivity index (χ4v) is 3.87. The Kier molecular flexibility index (Phi) is 3.06. The molecular formula is C17H15ClN2OS. The Morgan fingerprint density at radius 3 is 2.73 bits per heavy atom. The molecule has 2 heterocycles. The van der Waals surface area contributed by atoms with E-state index >= 15 is 0 Å². The summed E-state index contributed by atoms with van der Waals surface area (Å²) in [6, 6.07) is 16.0. The summed E-state index contributed by atoms with van der Waals surface area (Å²) in [6.45, 7) is 2.08. The minimum Gasteiger partial charge on any atom is -0.467 e. The van der Waals surface area contributed by atoms with Crippen LogP contribution in [0, 0.1) is 0 Å². The van der Waals surface area contributed by atoms with Gasteiger partial charge in [0, 0.05) is 22.7 Å². The van der Waals surface area contributed by atoms with E-state index in [9.17, 15) is 0 Å². The number of nitrogens with zero attached hydrogens (tertiary/aromatic N) is 1. The van der Waals surface area contributed by atoms with Gasteiger partial charge in [0.05, 0.1) is 6.04 Å². The lowest BCUT2D eigenvalue weighted by Gasteiger charge is -2.52. The molecule has 0 aromatic heterocycles. The highest BCUT2D eigenvalue weighted by Crippen LogP contribution is 2.45. The molecule has 1 N–H and O–H groups in total. The first-order chi connectivity index (χ1) is 10.6. The average molecular weight is 331 g/mol. The van der Waals surface area contributed by atoms with Crippen LogP contribution in [0.15, 0.2) is 48.5 Å². The van der Waals surface area contributed by atoms with Crippen molar-refractivity contribution in [2.24, 2.45) is 0 Å². The number of hydrogen-bond donors (Lipinski definition) is 1. The molecule has 0 radical (unpaired) electrons. The number of fused-ring (bicyclic) bond motifs is 4. The zero-order valence-electron chi connectivity index (χ0n) is 12.0. The van der Waals surface area contributed by atoms with Gasteiger partial charge in [0.2, 0.25) is 0 Å². The summed E-state index contributed by atoms with van der Waals surface area (Å²) in [7, 11) is 0. The predicted molar refractivity (Wildman–Crippen MR) is 92.5 cm³/mol. The lowest BCUT2D eigenvalue weighted by atomic mass is 9.90. The second-order valence-electron chi connectivity index (χ2n) is 5.83. The van der Waals surface area contributed by atoms with Crippen molar-refractivity contribution >= 4 is 34.6 Å². The zero-order valence-corrected chi connectivity index (χ0v) is 13.6. The molecule has 0 aliphatic carbocycles. The fourth-order valence-electron chi connectivity index (χ4n) is 3.30. The number of para-hydroxylation sites is 1. The van der Waals surface area contributed by atoms with Gasteiger partial charge >= 0.3 is 0 Å². The van der Waals surface area contributed by atoms with Crippen LogP contribution >= 0.6 is 23.8 Å². The Morgan fingerprint density at radius 1 is 1.23 bits per heavy atom. The van der Waals surface area contributed by atoms with Crippen LogP contribution in [0.3, 0.4) is 0 Å². The van der Waals surface area contributed by atoms with Gasteiger partial charge < -0.3 is 10.1 Å². The minimum absolute atomic E-state index is 0.186. The maximum Gasteiger partial charge on any atom is 0.188 e. The SMILES string of the molecule is C[C@@]12C[C@H](NC(=S)N1c1ccc(Cl)cc1)c1ccccc1O2. The van der Waals surface area contributed by atoms with Crippen LogP contribution in [-0.2, 0) is 0 Å². The molecule has 2 aromatic rings. The van der Waals surface area contributed by atoms with Crippen molar-refractivity contribution in [3.63, 3.8) is 0 Å². The van der Waals surface area contributed by atoms with Crippen LogP contribution in [-0.4, -0.2) is 10.8 Å². The summed E-state index contributed by atoms with van der Waals surface area (Å²) < 4.78 is 6.32. The van der Waals surface area contributed by atoms with Crippen LogP contribution in [0.25, 0.3) is 0 Å². The van der Waals surface area contributed by atoms with Crippen LogP contribution in [0.2, 0.25) is 5.02 Å². The highest BCUT2D eigenvalue weighted by atomic mass is 35.5. The molecule has 0 unspecified atom stereocenters. The Morgan fingerprint density at radius 2 is 1.95 bits per heavy atom. The Labute approximate surface area is 139 Å². The van der Waals surface area contributed by atoms with Gasteiger partial charge in [-0.3, -0.25) is 4.90 Å². The highest BCUT2D eigenvalue weighted by Gasteiger charge is 2.48. The van der Waals surface area contributed by atoms with Crippen molar-refractivity contribution in [1.29, 1.82) is 0 Å². The van der Waals surface area contributed by atoms with Crippen LogP contribution in [0.5, 0.6) is 5.75 Å². The summed E-state index contributed by atoms with van der Waals surface area (Å²) in [5.74, 6) is 0.912. The summed E-state index contributed by atoms with van der Waals surface area (Å²) in [5.41, 5.74) is 1.63. The second kappa shape index (κ2) is 4.86. The first-order valence-electron chi connectivity index (χ1n) is 7.21. The molecular weight excluding hydrogens is 316 g/mol. The van der Waals surface area contributed by atoms with E-state index in [0.29, 0.717) is 10.1 Å². The third-order valence-corrected chi connectivity index (χ3v) is 4.82. The van der Waals surface area contributed by atoms with Gasteiger partial charge in [-0.05, 0) is 49.5 Å². The Bertz CT molecular complexity index is 749.